The standard InChI is InChI=1S/C25H29FO5/c1-14(2)15-5-10-21-18(11-15)23-20(25(3,4)31-21)12-19(24(27)28)22(30-23)13-29-17-8-6-16(26)7-9-17/h5-11,14,19-20,22-23H,12-13H2,1-4H3,(H,27,28)/t19-,20+,22+,23-/m1/s1. The molecule has 4 atom stereocenters. The number of carboxylic acids is 1. The van der Waals surface area contributed by atoms with Crippen molar-refractivity contribution in [3.05, 3.63) is 59.4 Å². The zero-order valence-electron chi connectivity index (χ0n) is 18.3. The number of hydrogen-bond donors (Lipinski definition) is 1. The molecule has 0 spiro atoms. The van der Waals surface area contributed by atoms with Crippen molar-refractivity contribution in [1.29, 1.82) is 0 Å². The quantitative estimate of drug-likeness (QED) is 0.696. The molecule has 0 unspecified atom stereocenters. The maximum absolute atomic E-state index is 13.2. The number of ether oxygens (including phenoxy) is 3. The van der Waals surface area contributed by atoms with E-state index < -0.39 is 23.6 Å². The number of carbonyl (C=O) groups is 1. The summed E-state index contributed by atoms with van der Waals surface area (Å²) in [5, 5.41) is 9.89. The number of fused-ring (bicyclic) bond motifs is 3. The minimum absolute atomic E-state index is 0.0757. The first-order chi connectivity index (χ1) is 14.7. The molecule has 2 aliphatic heterocycles. The van der Waals surface area contributed by atoms with E-state index in [1.807, 2.05) is 19.9 Å². The molecule has 2 aromatic carbocycles. The lowest BCUT2D eigenvalue weighted by molar-refractivity contribution is -0.192. The molecule has 2 aliphatic rings. The number of hydrogen-bond acceptors (Lipinski definition) is 4. The van der Waals surface area contributed by atoms with Crippen molar-refractivity contribution in [3.63, 3.8) is 0 Å². The molecule has 1 saturated heterocycles. The molecular formula is C25H29FO5. The Hall–Kier alpha value is -2.60. The summed E-state index contributed by atoms with van der Waals surface area (Å²) in [6, 6.07) is 11.8. The number of halogens is 1. The van der Waals surface area contributed by atoms with Gasteiger partial charge in [0, 0.05) is 11.5 Å². The fourth-order valence-corrected chi connectivity index (χ4v) is 4.59. The van der Waals surface area contributed by atoms with Crippen LogP contribution in [0.15, 0.2) is 42.5 Å². The van der Waals surface area contributed by atoms with Crippen molar-refractivity contribution < 1.29 is 28.5 Å². The summed E-state index contributed by atoms with van der Waals surface area (Å²) in [5.74, 6) is -0.483. The van der Waals surface area contributed by atoms with Crippen molar-refractivity contribution in [3.8, 4) is 11.5 Å². The van der Waals surface area contributed by atoms with Crippen LogP contribution in [0.5, 0.6) is 11.5 Å². The average Bonchev–Trinajstić information content (AvgIpc) is 2.72. The summed E-state index contributed by atoms with van der Waals surface area (Å²) in [7, 11) is 0. The summed E-state index contributed by atoms with van der Waals surface area (Å²) >= 11 is 0. The van der Waals surface area contributed by atoms with E-state index in [0.717, 1.165) is 11.3 Å². The van der Waals surface area contributed by atoms with Crippen LogP contribution in [-0.4, -0.2) is 29.4 Å². The predicted molar refractivity (Wildman–Crippen MR) is 114 cm³/mol. The van der Waals surface area contributed by atoms with Gasteiger partial charge >= 0.3 is 5.97 Å². The predicted octanol–water partition coefficient (Wildman–Crippen LogP) is 5.35. The van der Waals surface area contributed by atoms with Gasteiger partial charge in [-0.25, -0.2) is 4.39 Å². The second kappa shape index (κ2) is 8.15. The fourth-order valence-electron chi connectivity index (χ4n) is 4.59. The van der Waals surface area contributed by atoms with Gasteiger partial charge in [-0.3, -0.25) is 4.79 Å². The summed E-state index contributed by atoms with van der Waals surface area (Å²) in [4.78, 5) is 12.1. The Morgan fingerprint density at radius 3 is 2.58 bits per heavy atom. The molecule has 2 heterocycles. The van der Waals surface area contributed by atoms with Crippen LogP contribution < -0.4 is 9.47 Å². The molecule has 0 saturated carbocycles. The molecule has 1 N–H and O–H groups in total. The number of rotatable bonds is 5. The lowest BCUT2D eigenvalue weighted by Crippen LogP contribution is -2.53. The van der Waals surface area contributed by atoms with Crippen LogP contribution in [0.4, 0.5) is 4.39 Å². The normalized spacial score (nSPS) is 26.5. The molecule has 0 bridgehead atoms. The number of benzene rings is 2. The zero-order chi connectivity index (χ0) is 22.3. The molecule has 2 aromatic rings. The van der Waals surface area contributed by atoms with E-state index >= 15 is 0 Å². The average molecular weight is 429 g/mol. The van der Waals surface area contributed by atoms with E-state index in [1.54, 1.807) is 0 Å². The topological polar surface area (TPSA) is 65.0 Å². The van der Waals surface area contributed by atoms with Gasteiger partial charge in [0.05, 0.1) is 12.0 Å². The molecule has 31 heavy (non-hydrogen) atoms. The maximum Gasteiger partial charge on any atom is 0.309 e. The van der Waals surface area contributed by atoms with E-state index in [2.05, 4.69) is 26.0 Å². The Kier molecular flexibility index (Phi) is 5.69. The fraction of sp³-hybridized carbons (Fsp3) is 0.480. The lowest BCUT2D eigenvalue weighted by Gasteiger charge is -2.50. The van der Waals surface area contributed by atoms with E-state index in [-0.39, 0.29) is 24.4 Å². The largest absolute Gasteiger partial charge is 0.491 e. The molecule has 4 rings (SSSR count). The molecule has 1 fully saturated rings. The Morgan fingerprint density at radius 1 is 1.23 bits per heavy atom. The molecule has 0 aliphatic carbocycles. The van der Waals surface area contributed by atoms with Crippen molar-refractivity contribution in [1.82, 2.24) is 0 Å². The lowest BCUT2D eigenvalue weighted by atomic mass is 9.71. The molecule has 5 nitrogen and oxygen atoms in total. The Morgan fingerprint density at radius 2 is 1.94 bits per heavy atom. The molecule has 6 heteroatoms. The third-order valence-electron chi connectivity index (χ3n) is 6.46. The van der Waals surface area contributed by atoms with Crippen LogP contribution in [0, 0.1) is 17.7 Å². The second-order valence-corrected chi connectivity index (χ2v) is 9.30. The van der Waals surface area contributed by atoms with E-state index in [1.165, 1.54) is 29.8 Å². The SMILES string of the molecule is CC(C)c1ccc2c(c1)[C@H]1O[C@@H](COc3ccc(F)cc3)[C@H](C(=O)O)C[C@@H]1C(C)(C)O2. The van der Waals surface area contributed by atoms with Crippen LogP contribution in [-0.2, 0) is 9.53 Å². The van der Waals surface area contributed by atoms with E-state index in [0.29, 0.717) is 18.1 Å². The first-order valence-electron chi connectivity index (χ1n) is 10.7. The third kappa shape index (κ3) is 4.26. The monoisotopic (exact) mass is 428 g/mol. The Labute approximate surface area is 182 Å². The van der Waals surface area contributed by atoms with Gasteiger partial charge in [-0.15, -0.1) is 0 Å². The molecule has 0 aromatic heterocycles. The highest BCUT2D eigenvalue weighted by Gasteiger charge is 2.52. The van der Waals surface area contributed by atoms with Gasteiger partial charge in [-0.05, 0) is 68.1 Å². The van der Waals surface area contributed by atoms with Crippen molar-refractivity contribution >= 4 is 5.97 Å². The first-order valence-corrected chi connectivity index (χ1v) is 10.7. The Balaban J connectivity index is 1.64. The summed E-state index contributed by atoms with van der Waals surface area (Å²) in [6.07, 6.45) is -0.487. The third-order valence-corrected chi connectivity index (χ3v) is 6.46. The Bertz CT molecular complexity index is 953. The number of carboxylic acid groups (broad SMARTS) is 1. The van der Waals surface area contributed by atoms with Gasteiger partial charge in [0.25, 0.3) is 0 Å². The van der Waals surface area contributed by atoms with Gasteiger partial charge in [-0.2, -0.15) is 0 Å². The highest BCUT2D eigenvalue weighted by molar-refractivity contribution is 5.71. The van der Waals surface area contributed by atoms with Crippen LogP contribution in [0.3, 0.4) is 0 Å². The minimum atomic E-state index is -0.913. The second-order valence-electron chi connectivity index (χ2n) is 9.30. The summed E-state index contributed by atoms with van der Waals surface area (Å²) in [6.45, 7) is 8.32. The molecule has 166 valence electrons. The highest BCUT2D eigenvalue weighted by Crippen LogP contribution is 2.52. The van der Waals surface area contributed by atoms with Gasteiger partial charge in [0.1, 0.15) is 35.6 Å². The van der Waals surface area contributed by atoms with Crippen LogP contribution >= 0.6 is 0 Å². The van der Waals surface area contributed by atoms with Gasteiger partial charge < -0.3 is 19.3 Å². The maximum atomic E-state index is 13.2. The molecule has 0 radical (unpaired) electrons. The van der Waals surface area contributed by atoms with Crippen LogP contribution in [0.25, 0.3) is 0 Å². The summed E-state index contributed by atoms with van der Waals surface area (Å²) in [5.41, 5.74) is 1.59. The van der Waals surface area contributed by atoms with Gasteiger partial charge in [-0.1, -0.05) is 19.9 Å². The van der Waals surface area contributed by atoms with Gasteiger partial charge in [0.2, 0.25) is 0 Å². The van der Waals surface area contributed by atoms with E-state index in [4.69, 9.17) is 14.2 Å². The number of aliphatic carboxylic acids is 1. The minimum Gasteiger partial charge on any atom is -0.491 e. The van der Waals surface area contributed by atoms with Crippen molar-refractivity contribution in [2.45, 2.75) is 57.8 Å². The zero-order valence-corrected chi connectivity index (χ0v) is 18.3. The van der Waals surface area contributed by atoms with Crippen molar-refractivity contribution in [2.24, 2.45) is 11.8 Å². The molecule has 0 amide bonds. The first kappa shape index (κ1) is 21.6. The summed E-state index contributed by atoms with van der Waals surface area (Å²) < 4.78 is 31.7. The highest BCUT2D eigenvalue weighted by atomic mass is 19.1. The molecular weight excluding hydrogens is 399 g/mol. The van der Waals surface area contributed by atoms with Crippen LogP contribution in [0.2, 0.25) is 0 Å². The van der Waals surface area contributed by atoms with Crippen LogP contribution in [0.1, 0.15) is 57.3 Å². The van der Waals surface area contributed by atoms with Gasteiger partial charge in [0.15, 0.2) is 0 Å². The van der Waals surface area contributed by atoms with Crippen molar-refractivity contribution in [2.75, 3.05) is 6.61 Å². The smallest absolute Gasteiger partial charge is 0.309 e. The van der Waals surface area contributed by atoms with E-state index in [9.17, 15) is 14.3 Å².